The molecule has 42 heavy (non-hydrogen) atoms. The minimum absolute atomic E-state index is 0.00544. The van der Waals surface area contributed by atoms with Crippen LogP contribution < -0.4 is 5.32 Å². The maximum Gasteiger partial charge on any atom is 0.232 e. The Balaban J connectivity index is 0.890. The summed E-state index contributed by atoms with van der Waals surface area (Å²) in [6.45, 7) is 13.9. The van der Waals surface area contributed by atoms with Crippen molar-refractivity contribution in [2.75, 3.05) is 32.9 Å². The van der Waals surface area contributed by atoms with E-state index < -0.39 is 0 Å². The van der Waals surface area contributed by atoms with Gasteiger partial charge in [0.1, 0.15) is 6.42 Å². The minimum Gasteiger partial charge on any atom is -0.380 e. The summed E-state index contributed by atoms with van der Waals surface area (Å²) in [4.78, 5) is 27.4. The van der Waals surface area contributed by atoms with Gasteiger partial charge in [-0.1, -0.05) is 27.7 Å². The van der Waals surface area contributed by atoms with Crippen LogP contribution in [0, 0.1) is 57.7 Å². The molecule has 1 N–H and O–H groups in total. The fraction of sp³-hybridized carbons (Fsp3) is 0.943. The van der Waals surface area contributed by atoms with Crippen molar-refractivity contribution >= 4 is 11.8 Å². The third-order valence-corrected chi connectivity index (χ3v) is 14.8. The van der Waals surface area contributed by atoms with Gasteiger partial charge in [-0.15, -0.1) is 0 Å². The van der Waals surface area contributed by atoms with Gasteiger partial charge in [0.15, 0.2) is 5.79 Å². The molecule has 0 bridgehead atoms. The van der Waals surface area contributed by atoms with Crippen molar-refractivity contribution in [1.29, 1.82) is 0 Å². The highest BCUT2D eigenvalue weighted by molar-refractivity contribution is 5.97. The van der Waals surface area contributed by atoms with E-state index in [-0.39, 0.29) is 35.5 Å². The maximum atomic E-state index is 12.9. The van der Waals surface area contributed by atoms with Crippen LogP contribution in [-0.4, -0.2) is 67.6 Å². The lowest BCUT2D eigenvalue weighted by Gasteiger charge is -2.61. The Morgan fingerprint density at radius 3 is 2.40 bits per heavy atom. The van der Waals surface area contributed by atoms with Gasteiger partial charge in [0.2, 0.25) is 11.8 Å². The van der Waals surface area contributed by atoms with Gasteiger partial charge in [-0.05, 0) is 104 Å². The van der Waals surface area contributed by atoms with Crippen molar-refractivity contribution in [2.45, 2.75) is 116 Å². The first-order valence-electron chi connectivity index (χ1n) is 17.5. The second-order valence-corrected chi connectivity index (χ2v) is 17.1. The molecule has 0 aromatic carbocycles. The van der Waals surface area contributed by atoms with E-state index >= 15 is 0 Å². The highest BCUT2D eigenvalue weighted by Crippen LogP contribution is 2.71. The molecule has 8 rings (SSSR count). The molecule has 7 heteroatoms. The molecule has 2 amide bonds. The molecule has 8 aliphatic rings. The van der Waals surface area contributed by atoms with Gasteiger partial charge in [-0.2, -0.15) is 0 Å². The summed E-state index contributed by atoms with van der Waals surface area (Å²) in [6.07, 6.45) is 12.5. The third kappa shape index (κ3) is 4.07. The number of carbonyl (C=O) groups is 2. The summed E-state index contributed by atoms with van der Waals surface area (Å²) >= 11 is 0. The molecule has 0 aromatic heterocycles. The van der Waals surface area contributed by atoms with Crippen LogP contribution in [0.1, 0.15) is 98.3 Å². The number of hydrogen-bond acceptors (Lipinski definition) is 5. The van der Waals surface area contributed by atoms with Gasteiger partial charge in [0.05, 0.1) is 31.3 Å². The van der Waals surface area contributed by atoms with E-state index in [0.29, 0.717) is 40.6 Å². The maximum absolute atomic E-state index is 12.9. The van der Waals surface area contributed by atoms with Crippen LogP contribution >= 0.6 is 0 Å². The Morgan fingerprint density at radius 2 is 1.69 bits per heavy atom. The van der Waals surface area contributed by atoms with E-state index in [1.54, 1.807) is 0 Å². The van der Waals surface area contributed by atoms with Crippen LogP contribution in [-0.2, 0) is 23.8 Å². The Labute approximate surface area is 252 Å². The molecule has 0 radical (unpaired) electrons. The SMILES string of the molecule is C[C@H]1CC[C@@]2(OC1)O[C@H]1C[C@H]3[C@@H]4CC[C@@H]5CC(NC(=O)CC(=O)N6CC7(COC7)C6)CC[C@]5(C)[C@H]4CC[C@]3(C)[C@H]1[C@@H]2C. The summed E-state index contributed by atoms with van der Waals surface area (Å²) in [5.74, 6) is 4.35. The van der Waals surface area contributed by atoms with Crippen LogP contribution in [0.4, 0.5) is 0 Å². The standard InChI is InChI=1S/C35H54N2O5/c1-21-7-12-35(41-16-21)22(2)31-28(42-35)14-27-25-6-5-23-13-24(8-10-32(23,3)26(25)9-11-33(27,31)4)36-29(38)15-30(39)37-17-34(18-37)19-40-20-34/h21-28,31H,5-20H2,1-4H3,(H,36,38)/t21-,22-,23+,24?,25+,26-,27-,28-,31-,32-,33-,35+/m0/s1. The zero-order valence-corrected chi connectivity index (χ0v) is 26.5. The summed E-state index contributed by atoms with van der Waals surface area (Å²) in [5, 5.41) is 3.29. The number of amides is 2. The average molecular weight is 583 g/mol. The average Bonchev–Trinajstić information content (AvgIpc) is 3.34. The first kappa shape index (κ1) is 28.3. The van der Waals surface area contributed by atoms with Crippen molar-refractivity contribution in [1.82, 2.24) is 10.2 Å². The molecule has 0 aromatic rings. The number of fused-ring (bicyclic) bond motifs is 7. The van der Waals surface area contributed by atoms with Gasteiger partial charge in [0.25, 0.3) is 0 Å². The van der Waals surface area contributed by atoms with Gasteiger partial charge in [-0.25, -0.2) is 0 Å². The first-order valence-corrected chi connectivity index (χ1v) is 17.5. The highest BCUT2D eigenvalue weighted by atomic mass is 16.7. The van der Waals surface area contributed by atoms with Crippen molar-refractivity contribution in [3.8, 4) is 0 Å². The quantitative estimate of drug-likeness (QED) is 0.465. The summed E-state index contributed by atoms with van der Waals surface area (Å²) in [5.41, 5.74) is 0.929. The molecule has 7 nitrogen and oxygen atoms in total. The molecule has 2 spiro atoms. The number of carbonyl (C=O) groups excluding carboxylic acids is 2. The summed E-state index contributed by atoms with van der Waals surface area (Å²) in [6, 6.07) is 0.214. The molecular weight excluding hydrogens is 528 g/mol. The van der Waals surface area contributed by atoms with Crippen molar-refractivity contribution in [3.63, 3.8) is 0 Å². The van der Waals surface area contributed by atoms with Crippen LogP contribution in [0.3, 0.4) is 0 Å². The van der Waals surface area contributed by atoms with Gasteiger partial charge in [-0.3, -0.25) is 9.59 Å². The zero-order valence-electron chi connectivity index (χ0n) is 26.5. The van der Waals surface area contributed by atoms with Crippen LogP contribution in [0.15, 0.2) is 0 Å². The lowest BCUT2D eigenvalue weighted by molar-refractivity contribution is -0.273. The Morgan fingerprint density at radius 1 is 0.905 bits per heavy atom. The monoisotopic (exact) mass is 582 g/mol. The van der Waals surface area contributed by atoms with E-state index in [9.17, 15) is 9.59 Å². The topological polar surface area (TPSA) is 77.1 Å². The third-order valence-electron chi connectivity index (χ3n) is 14.8. The van der Waals surface area contributed by atoms with Crippen LogP contribution in [0.5, 0.6) is 0 Å². The lowest BCUT2D eigenvalue weighted by atomic mass is 9.44. The predicted octanol–water partition coefficient (Wildman–Crippen LogP) is 5.17. The van der Waals surface area contributed by atoms with Crippen molar-refractivity contribution in [2.24, 2.45) is 57.7 Å². The van der Waals surface area contributed by atoms with E-state index in [4.69, 9.17) is 14.2 Å². The minimum atomic E-state index is -0.327. The first-order chi connectivity index (χ1) is 20.0. The molecule has 8 fully saturated rings. The number of likely N-dealkylation sites (tertiary alicyclic amines) is 1. The molecule has 4 saturated carbocycles. The number of nitrogens with one attached hydrogen (secondary N) is 1. The Kier molecular flexibility index (Phi) is 6.51. The van der Waals surface area contributed by atoms with Crippen LogP contribution in [0.2, 0.25) is 0 Å². The van der Waals surface area contributed by atoms with E-state index in [2.05, 4.69) is 33.0 Å². The van der Waals surface area contributed by atoms with Gasteiger partial charge < -0.3 is 24.4 Å². The number of hydrogen-bond donors (Lipinski definition) is 1. The Bertz CT molecular complexity index is 1110. The fourth-order valence-electron chi connectivity index (χ4n) is 12.4. The summed E-state index contributed by atoms with van der Waals surface area (Å²) in [7, 11) is 0. The molecule has 4 heterocycles. The second kappa shape index (κ2) is 9.66. The molecule has 4 aliphatic heterocycles. The van der Waals surface area contributed by atoms with Gasteiger partial charge >= 0.3 is 0 Å². The molecular formula is C35H54N2O5. The lowest BCUT2D eigenvalue weighted by Crippen LogP contribution is -2.67. The molecule has 4 aliphatic carbocycles. The predicted molar refractivity (Wildman–Crippen MR) is 158 cm³/mol. The highest BCUT2D eigenvalue weighted by Gasteiger charge is 2.69. The summed E-state index contributed by atoms with van der Waals surface area (Å²) < 4.78 is 18.8. The molecule has 234 valence electrons. The van der Waals surface area contributed by atoms with E-state index in [1.165, 1.54) is 44.9 Å². The van der Waals surface area contributed by atoms with Crippen molar-refractivity contribution < 1.29 is 23.8 Å². The number of rotatable bonds is 3. The number of ether oxygens (including phenoxy) is 3. The molecule has 1 unspecified atom stereocenters. The van der Waals surface area contributed by atoms with Gasteiger partial charge in [0, 0.05) is 31.5 Å². The normalized spacial score (nSPS) is 52.0. The van der Waals surface area contributed by atoms with Crippen molar-refractivity contribution in [3.05, 3.63) is 0 Å². The smallest absolute Gasteiger partial charge is 0.232 e. The van der Waals surface area contributed by atoms with E-state index in [1.807, 2.05) is 4.90 Å². The zero-order chi connectivity index (χ0) is 29.1. The largest absolute Gasteiger partial charge is 0.380 e. The van der Waals surface area contributed by atoms with E-state index in [0.717, 1.165) is 69.9 Å². The fourth-order valence-corrected chi connectivity index (χ4v) is 12.4. The Hall–Kier alpha value is -1.18. The molecule has 4 saturated heterocycles. The second-order valence-electron chi connectivity index (χ2n) is 17.1. The molecule has 12 atom stereocenters. The van der Waals surface area contributed by atoms with Crippen LogP contribution in [0.25, 0.3) is 0 Å². The number of nitrogens with zero attached hydrogens (tertiary/aromatic N) is 1.